The standard InChI is InChI=1S/C19H15N3O6/c23-16(20-8-11-5-6-14-15(7-11)28-10-27-14)9-22-18(24)13-4-2-1-3-12(13)17(21-22)19(25)26/h1-7H,8-10H2,(H,20,23)(H,25,26)/p-1. The number of hydrogen-bond acceptors (Lipinski definition) is 7. The molecule has 1 aromatic heterocycles. The fourth-order valence-corrected chi connectivity index (χ4v) is 2.94. The molecule has 9 heteroatoms. The van der Waals surface area contributed by atoms with Crippen LogP contribution in [0.4, 0.5) is 0 Å². The van der Waals surface area contributed by atoms with Gasteiger partial charge in [-0.2, -0.15) is 5.10 Å². The summed E-state index contributed by atoms with van der Waals surface area (Å²) in [6, 6.07) is 11.4. The number of nitrogens with one attached hydrogen (secondary N) is 1. The van der Waals surface area contributed by atoms with Gasteiger partial charge >= 0.3 is 0 Å². The third-order valence-electron chi connectivity index (χ3n) is 4.28. The predicted molar refractivity (Wildman–Crippen MR) is 94.7 cm³/mol. The third kappa shape index (κ3) is 3.25. The summed E-state index contributed by atoms with van der Waals surface area (Å²) >= 11 is 0. The van der Waals surface area contributed by atoms with E-state index in [0.29, 0.717) is 11.5 Å². The molecule has 0 saturated carbocycles. The van der Waals surface area contributed by atoms with E-state index >= 15 is 0 Å². The number of aromatic nitrogens is 2. The van der Waals surface area contributed by atoms with Gasteiger partial charge in [-0.25, -0.2) is 4.68 Å². The van der Waals surface area contributed by atoms with E-state index in [1.54, 1.807) is 30.3 Å². The number of hydrogen-bond donors (Lipinski definition) is 1. The Kier molecular flexibility index (Phi) is 4.40. The number of carboxylic acids is 1. The minimum Gasteiger partial charge on any atom is -0.543 e. The lowest BCUT2D eigenvalue weighted by Crippen LogP contribution is -2.36. The summed E-state index contributed by atoms with van der Waals surface area (Å²) in [5, 5.41) is 18.1. The second kappa shape index (κ2) is 7.03. The van der Waals surface area contributed by atoms with E-state index in [9.17, 15) is 19.5 Å². The minimum absolute atomic E-state index is 0.153. The fraction of sp³-hybridized carbons (Fsp3) is 0.158. The van der Waals surface area contributed by atoms with Gasteiger partial charge in [0.15, 0.2) is 11.5 Å². The van der Waals surface area contributed by atoms with Gasteiger partial charge in [0, 0.05) is 11.9 Å². The number of aromatic carboxylic acids is 1. The number of amides is 1. The van der Waals surface area contributed by atoms with Crippen LogP contribution in [0.5, 0.6) is 11.5 Å². The maximum atomic E-state index is 12.5. The van der Waals surface area contributed by atoms with Crippen molar-refractivity contribution in [3.05, 3.63) is 64.1 Å². The second-order valence-electron chi connectivity index (χ2n) is 6.11. The van der Waals surface area contributed by atoms with Gasteiger partial charge in [0.1, 0.15) is 12.2 Å². The first-order valence-electron chi connectivity index (χ1n) is 8.39. The molecule has 0 fully saturated rings. The highest BCUT2D eigenvalue weighted by Gasteiger charge is 2.15. The number of carbonyl (C=O) groups excluding carboxylic acids is 2. The second-order valence-corrected chi connectivity index (χ2v) is 6.11. The molecule has 0 atom stereocenters. The maximum Gasteiger partial charge on any atom is 0.275 e. The normalized spacial score (nSPS) is 12.1. The van der Waals surface area contributed by atoms with Gasteiger partial charge in [-0.1, -0.05) is 24.3 Å². The van der Waals surface area contributed by atoms with Gasteiger partial charge in [0.2, 0.25) is 12.7 Å². The average Bonchev–Trinajstić information content (AvgIpc) is 3.16. The van der Waals surface area contributed by atoms with Gasteiger partial charge in [-0.05, 0) is 23.8 Å². The summed E-state index contributed by atoms with van der Waals surface area (Å²) in [6.07, 6.45) is 0. The zero-order valence-corrected chi connectivity index (χ0v) is 14.5. The molecule has 0 radical (unpaired) electrons. The summed E-state index contributed by atoms with van der Waals surface area (Å²) in [6.45, 7) is -0.0673. The molecule has 28 heavy (non-hydrogen) atoms. The van der Waals surface area contributed by atoms with Gasteiger partial charge < -0.3 is 24.7 Å². The third-order valence-corrected chi connectivity index (χ3v) is 4.28. The van der Waals surface area contributed by atoms with Crippen molar-refractivity contribution in [2.24, 2.45) is 0 Å². The predicted octanol–water partition coefficient (Wildman–Crippen LogP) is -0.195. The summed E-state index contributed by atoms with van der Waals surface area (Å²) in [7, 11) is 0. The van der Waals surface area contributed by atoms with Crippen molar-refractivity contribution in [1.29, 1.82) is 0 Å². The number of carbonyl (C=O) groups is 2. The van der Waals surface area contributed by atoms with E-state index in [4.69, 9.17) is 9.47 Å². The lowest BCUT2D eigenvalue weighted by molar-refractivity contribution is -0.255. The minimum atomic E-state index is -1.52. The Morgan fingerprint density at radius 2 is 1.86 bits per heavy atom. The van der Waals surface area contributed by atoms with E-state index < -0.39 is 29.7 Å². The van der Waals surface area contributed by atoms with E-state index in [1.165, 1.54) is 12.1 Å². The van der Waals surface area contributed by atoms with Crippen LogP contribution < -0.4 is 25.5 Å². The zero-order valence-electron chi connectivity index (χ0n) is 14.5. The molecule has 2 aromatic carbocycles. The Balaban J connectivity index is 1.53. The van der Waals surface area contributed by atoms with Crippen LogP contribution in [-0.2, 0) is 17.9 Å². The van der Waals surface area contributed by atoms with Crippen molar-refractivity contribution in [3.63, 3.8) is 0 Å². The quantitative estimate of drug-likeness (QED) is 0.651. The molecule has 0 spiro atoms. The molecule has 1 aliphatic rings. The van der Waals surface area contributed by atoms with Crippen LogP contribution in [0.1, 0.15) is 16.1 Å². The molecule has 0 aliphatic carbocycles. The number of ether oxygens (including phenoxy) is 2. The van der Waals surface area contributed by atoms with Crippen molar-refractivity contribution in [1.82, 2.24) is 15.1 Å². The molecule has 3 aromatic rings. The molecule has 1 aliphatic heterocycles. The first-order valence-corrected chi connectivity index (χ1v) is 8.39. The van der Waals surface area contributed by atoms with Gasteiger partial charge in [-0.3, -0.25) is 9.59 Å². The molecular formula is C19H14N3O6-. The number of carboxylic acid groups (broad SMARTS) is 1. The van der Waals surface area contributed by atoms with Crippen molar-refractivity contribution in [2.75, 3.05) is 6.79 Å². The van der Waals surface area contributed by atoms with Crippen LogP contribution in [0, 0.1) is 0 Å². The molecule has 4 rings (SSSR count). The van der Waals surface area contributed by atoms with Crippen molar-refractivity contribution in [2.45, 2.75) is 13.1 Å². The topological polar surface area (TPSA) is 123 Å². The Morgan fingerprint density at radius 1 is 1.11 bits per heavy atom. The Bertz CT molecular complexity index is 1150. The molecular weight excluding hydrogens is 366 g/mol. The monoisotopic (exact) mass is 380 g/mol. The summed E-state index contributed by atoms with van der Waals surface area (Å²) in [5.41, 5.74) is -0.163. The largest absolute Gasteiger partial charge is 0.543 e. The van der Waals surface area contributed by atoms with Crippen LogP contribution >= 0.6 is 0 Å². The molecule has 0 bridgehead atoms. The van der Waals surface area contributed by atoms with Crippen LogP contribution in [0.3, 0.4) is 0 Å². The van der Waals surface area contributed by atoms with E-state index in [0.717, 1.165) is 10.2 Å². The van der Waals surface area contributed by atoms with Crippen molar-refractivity contribution in [3.8, 4) is 11.5 Å². The first kappa shape index (κ1) is 17.5. The Labute approximate surface area is 158 Å². The van der Waals surface area contributed by atoms with Crippen LogP contribution in [0.25, 0.3) is 10.8 Å². The first-order chi connectivity index (χ1) is 13.5. The van der Waals surface area contributed by atoms with E-state index in [1.807, 2.05) is 0 Å². The summed E-state index contributed by atoms with van der Waals surface area (Å²) < 4.78 is 11.3. The highest BCUT2D eigenvalue weighted by Crippen LogP contribution is 2.32. The fourth-order valence-electron chi connectivity index (χ4n) is 2.94. The highest BCUT2D eigenvalue weighted by molar-refractivity contribution is 6.00. The molecule has 0 saturated heterocycles. The van der Waals surface area contributed by atoms with E-state index in [-0.39, 0.29) is 24.1 Å². The SMILES string of the molecule is O=C(Cn1nc(C(=O)[O-])c2ccccc2c1=O)NCc1ccc2c(c1)OCO2. The van der Waals surface area contributed by atoms with Gasteiger partial charge in [0.25, 0.3) is 5.56 Å². The zero-order chi connectivity index (χ0) is 19.7. The number of fused-ring (bicyclic) bond motifs is 2. The van der Waals surface area contributed by atoms with Crippen molar-refractivity contribution < 1.29 is 24.2 Å². The summed E-state index contributed by atoms with van der Waals surface area (Å²) in [5.74, 6) is -0.785. The lowest BCUT2D eigenvalue weighted by Gasteiger charge is -2.12. The van der Waals surface area contributed by atoms with Gasteiger partial charge in [0.05, 0.1) is 11.4 Å². The van der Waals surface area contributed by atoms with Gasteiger partial charge in [-0.15, -0.1) is 0 Å². The van der Waals surface area contributed by atoms with Crippen LogP contribution in [-0.4, -0.2) is 28.4 Å². The molecule has 9 nitrogen and oxygen atoms in total. The maximum absolute atomic E-state index is 12.5. The molecule has 0 unspecified atom stereocenters. The highest BCUT2D eigenvalue weighted by atomic mass is 16.7. The van der Waals surface area contributed by atoms with E-state index in [2.05, 4.69) is 10.4 Å². The van der Waals surface area contributed by atoms with Crippen molar-refractivity contribution >= 4 is 22.6 Å². The number of rotatable bonds is 5. The summed E-state index contributed by atoms with van der Waals surface area (Å²) in [4.78, 5) is 36.1. The average molecular weight is 380 g/mol. The van der Waals surface area contributed by atoms with Crippen LogP contribution in [0.2, 0.25) is 0 Å². The molecule has 2 heterocycles. The number of nitrogens with zero attached hydrogens (tertiary/aromatic N) is 2. The molecule has 1 amide bonds. The smallest absolute Gasteiger partial charge is 0.275 e. The van der Waals surface area contributed by atoms with Crippen LogP contribution in [0.15, 0.2) is 47.3 Å². The Hall–Kier alpha value is -3.88. The molecule has 1 N–H and O–H groups in total. The lowest BCUT2D eigenvalue weighted by atomic mass is 10.1. The Morgan fingerprint density at radius 3 is 2.64 bits per heavy atom. The number of benzene rings is 2. The molecule has 142 valence electrons.